The molecule has 3 N–H and O–H groups in total. The van der Waals surface area contributed by atoms with Crippen LogP contribution < -0.4 is 10.1 Å². The van der Waals surface area contributed by atoms with E-state index in [4.69, 9.17) is 27.9 Å². The third-order valence-electron chi connectivity index (χ3n) is 3.10. The minimum Gasteiger partial charge on any atom is -0.507 e. The number of aromatic hydroxyl groups is 2. The molecule has 4 nitrogen and oxygen atoms in total. The molecule has 0 aromatic heterocycles. The molecule has 0 spiro atoms. The van der Waals surface area contributed by atoms with Crippen molar-refractivity contribution in [2.45, 2.75) is 13.0 Å². The average Bonchev–Trinajstić information content (AvgIpc) is 2.44. The van der Waals surface area contributed by atoms with Crippen LogP contribution in [0.3, 0.4) is 0 Å². The first kappa shape index (κ1) is 15.6. The number of phenolic OH excluding ortho intramolecular Hbond substituents is 2. The second-order valence-electron chi connectivity index (χ2n) is 4.58. The maximum Gasteiger partial charge on any atom is 0.152 e. The fourth-order valence-corrected chi connectivity index (χ4v) is 2.48. The van der Waals surface area contributed by atoms with Crippen molar-refractivity contribution in [3.8, 4) is 17.2 Å². The van der Waals surface area contributed by atoms with E-state index in [1.807, 2.05) is 6.92 Å². The first-order chi connectivity index (χ1) is 9.92. The van der Waals surface area contributed by atoms with E-state index in [1.165, 1.54) is 7.11 Å². The number of hydrogen-bond acceptors (Lipinski definition) is 4. The van der Waals surface area contributed by atoms with E-state index in [-0.39, 0.29) is 27.6 Å². The molecule has 0 saturated carbocycles. The second-order valence-corrected chi connectivity index (χ2v) is 5.39. The third kappa shape index (κ3) is 3.46. The molecule has 0 radical (unpaired) electrons. The van der Waals surface area contributed by atoms with E-state index in [9.17, 15) is 10.2 Å². The molecule has 6 heteroatoms. The van der Waals surface area contributed by atoms with Crippen molar-refractivity contribution in [2.24, 2.45) is 0 Å². The van der Waals surface area contributed by atoms with Gasteiger partial charge in [-0.05, 0) is 31.2 Å². The van der Waals surface area contributed by atoms with E-state index in [0.29, 0.717) is 17.0 Å². The molecule has 0 aliphatic carbocycles. The van der Waals surface area contributed by atoms with Crippen LogP contribution in [0.1, 0.15) is 18.5 Å². The Morgan fingerprint density at radius 1 is 1.10 bits per heavy atom. The van der Waals surface area contributed by atoms with Gasteiger partial charge in [0, 0.05) is 17.3 Å². The molecule has 2 aromatic rings. The smallest absolute Gasteiger partial charge is 0.152 e. The summed E-state index contributed by atoms with van der Waals surface area (Å²) in [7, 11) is 1.54. The summed E-state index contributed by atoms with van der Waals surface area (Å²) in [6.07, 6.45) is 0. The molecule has 2 rings (SSSR count). The van der Waals surface area contributed by atoms with Gasteiger partial charge in [0.2, 0.25) is 0 Å². The molecule has 0 aliphatic heterocycles. The highest BCUT2D eigenvalue weighted by Gasteiger charge is 2.13. The van der Waals surface area contributed by atoms with Crippen LogP contribution in [0.15, 0.2) is 30.3 Å². The number of methoxy groups -OCH3 is 1. The van der Waals surface area contributed by atoms with Crippen LogP contribution in [0, 0.1) is 0 Å². The largest absolute Gasteiger partial charge is 0.507 e. The van der Waals surface area contributed by atoms with Gasteiger partial charge in [0.05, 0.1) is 23.2 Å². The number of anilines is 1. The zero-order valence-electron chi connectivity index (χ0n) is 11.5. The molecule has 2 aromatic carbocycles. The number of hydrogen-bond donors (Lipinski definition) is 3. The van der Waals surface area contributed by atoms with Crippen LogP contribution in [-0.2, 0) is 0 Å². The normalized spacial score (nSPS) is 12.0. The Hall–Kier alpha value is -1.78. The Bertz CT molecular complexity index is 638. The Balaban J connectivity index is 2.23. The molecule has 1 atom stereocenters. The summed E-state index contributed by atoms with van der Waals surface area (Å²) in [5.74, 6) is 0.563. The lowest BCUT2D eigenvalue weighted by Crippen LogP contribution is -2.07. The van der Waals surface area contributed by atoms with Crippen molar-refractivity contribution in [3.05, 3.63) is 45.9 Å². The lowest BCUT2D eigenvalue weighted by molar-refractivity contribution is 0.406. The van der Waals surface area contributed by atoms with Gasteiger partial charge < -0.3 is 20.3 Å². The molecule has 1 unspecified atom stereocenters. The van der Waals surface area contributed by atoms with Gasteiger partial charge in [-0.15, -0.1) is 0 Å². The topological polar surface area (TPSA) is 61.7 Å². The maximum absolute atomic E-state index is 10.0. The first-order valence-corrected chi connectivity index (χ1v) is 6.99. The Kier molecular flexibility index (Phi) is 4.70. The van der Waals surface area contributed by atoms with Crippen LogP contribution in [0.5, 0.6) is 17.2 Å². The fourth-order valence-electron chi connectivity index (χ4n) is 1.99. The molecule has 0 heterocycles. The summed E-state index contributed by atoms with van der Waals surface area (Å²) in [6.45, 7) is 1.89. The zero-order chi connectivity index (χ0) is 15.6. The molecule has 21 heavy (non-hydrogen) atoms. The summed E-state index contributed by atoms with van der Waals surface area (Å²) >= 11 is 11.8. The van der Waals surface area contributed by atoms with Gasteiger partial charge >= 0.3 is 0 Å². The summed E-state index contributed by atoms with van der Waals surface area (Å²) in [5.41, 5.74) is 1.35. The Labute approximate surface area is 132 Å². The quantitative estimate of drug-likeness (QED) is 0.719. The molecule has 0 saturated heterocycles. The minimum atomic E-state index is -0.187. The Morgan fingerprint density at radius 2 is 1.71 bits per heavy atom. The highest BCUT2D eigenvalue weighted by molar-refractivity contribution is 6.37. The van der Waals surface area contributed by atoms with Crippen LogP contribution in [0.25, 0.3) is 0 Å². The number of phenols is 2. The maximum atomic E-state index is 10.0. The molecule has 0 aliphatic rings. The standard InChI is InChI=1S/C15H15Cl2NO3/c1-8(11-4-3-10(21-2)7-14(11)19)18-9-5-12(16)15(20)13(17)6-9/h3-8,18-20H,1-2H3. The lowest BCUT2D eigenvalue weighted by Gasteiger charge is -2.18. The molecular formula is C15H15Cl2NO3. The number of benzene rings is 2. The highest BCUT2D eigenvalue weighted by atomic mass is 35.5. The predicted molar refractivity (Wildman–Crippen MR) is 84.8 cm³/mol. The van der Waals surface area contributed by atoms with Gasteiger partial charge in [-0.25, -0.2) is 0 Å². The predicted octanol–water partition coefficient (Wildman–Crippen LogP) is 4.59. The van der Waals surface area contributed by atoms with E-state index >= 15 is 0 Å². The zero-order valence-corrected chi connectivity index (χ0v) is 13.0. The molecular weight excluding hydrogens is 313 g/mol. The van der Waals surface area contributed by atoms with Gasteiger partial charge in [0.25, 0.3) is 0 Å². The van der Waals surface area contributed by atoms with Crippen LogP contribution in [0.2, 0.25) is 10.0 Å². The van der Waals surface area contributed by atoms with Gasteiger partial charge in [0.15, 0.2) is 5.75 Å². The van der Waals surface area contributed by atoms with E-state index in [1.54, 1.807) is 30.3 Å². The van der Waals surface area contributed by atoms with Gasteiger partial charge in [-0.3, -0.25) is 0 Å². The fraction of sp³-hybridized carbons (Fsp3) is 0.200. The van der Waals surface area contributed by atoms with Crippen molar-refractivity contribution in [1.82, 2.24) is 0 Å². The average molecular weight is 328 g/mol. The molecule has 112 valence electrons. The van der Waals surface area contributed by atoms with Crippen LogP contribution in [0.4, 0.5) is 5.69 Å². The van der Waals surface area contributed by atoms with E-state index in [0.717, 1.165) is 0 Å². The summed E-state index contributed by atoms with van der Waals surface area (Å²) in [4.78, 5) is 0. The monoisotopic (exact) mass is 327 g/mol. The van der Waals surface area contributed by atoms with E-state index < -0.39 is 0 Å². The van der Waals surface area contributed by atoms with Crippen LogP contribution in [-0.4, -0.2) is 17.3 Å². The second kappa shape index (κ2) is 6.33. The lowest BCUT2D eigenvalue weighted by atomic mass is 10.1. The first-order valence-electron chi connectivity index (χ1n) is 6.23. The third-order valence-corrected chi connectivity index (χ3v) is 3.68. The van der Waals surface area contributed by atoms with E-state index in [2.05, 4.69) is 5.32 Å². The van der Waals surface area contributed by atoms with Crippen molar-refractivity contribution in [1.29, 1.82) is 0 Å². The number of nitrogens with one attached hydrogen (secondary N) is 1. The summed E-state index contributed by atoms with van der Waals surface area (Å²) < 4.78 is 5.05. The number of rotatable bonds is 4. The minimum absolute atomic E-state index is 0.130. The number of ether oxygens (including phenoxy) is 1. The van der Waals surface area contributed by atoms with Gasteiger partial charge in [-0.2, -0.15) is 0 Å². The highest BCUT2D eigenvalue weighted by Crippen LogP contribution is 2.36. The summed E-state index contributed by atoms with van der Waals surface area (Å²) in [6, 6.07) is 8.04. The van der Waals surface area contributed by atoms with Crippen molar-refractivity contribution < 1.29 is 14.9 Å². The molecule has 0 bridgehead atoms. The molecule has 0 fully saturated rings. The van der Waals surface area contributed by atoms with Crippen molar-refractivity contribution in [2.75, 3.05) is 12.4 Å². The van der Waals surface area contributed by atoms with Crippen LogP contribution >= 0.6 is 23.2 Å². The van der Waals surface area contributed by atoms with Crippen molar-refractivity contribution in [3.63, 3.8) is 0 Å². The Morgan fingerprint density at radius 3 is 2.24 bits per heavy atom. The number of halogens is 2. The van der Waals surface area contributed by atoms with Gasteiger partial charge in [0.1, 0.15) is 11.5 Å². The van der Waals surface area contributed by atoms with Crippen molar-refractivity contribution >= 4 is 28.9 Å². The van der Waals surface area contributed by atoms with Gasteiger partial charge in [-0.1, -0.05) is 23.2 Å². The molecule has 0 amide bonds. The SMILES string of the molecule is COc1ccc(C(C)Nc2cc(Cl)c(O)c(Cl)c2)c(O)c1. The summed E-state index contributed by atoms with van der Waals surface area (Å²) in [5, 5.41) is 23.0.